The number of ether oxygens (including phenoxy) is 1. The van der Waals surface area contributed by atoms with Crippen LogP contribution in [-0.4, -0.2) is 43.2 Å². The zero-order chi connectivity index (χ0) is 18.2. The number of nitrogens with one attached hydrogen (secondary N) is 1. The first-order valence-electron chi connectivity index (χ1n) is 9.71. The molecule has 140 valence electrons. The highest BCUT2D eigenvalue weighted by Crippen LogP contribution is 2.20. The fourth-order valence-corrected chi connectivity index (χ4v) is 3.10. The molecular formula is C21H34N2O2. The van der Waals surface area contributed by atoms with Gasteiger partial charge in [-0.25, -0.2) is 0 Å². The van der Waals surface area contributed by atoms with Crippen molar-refractivity contribution < 1.29 is 9.53 Å². The van der Waals surface area contributed by atoms with Crippen molar-refractivity contribution in [1.82, 2.24) is 4.90 Å². The van der Waals surface area contributed by atoms with Gasteiger partial charge in [0.1, 0.15) is 0 Å². The second-order valence-electron chi connectivity index (χ2n) is 7.68. The molecule has 4 nitrogen and oxygen atoms in total. The van der Waals surface area contributed by atoms with Gasteiger partial charge in [-0.2, -0.15) is 0 Å². The van der Waals surface area contributed by atoms with Crippen molar-refractivity contribution in [2.75, 3.05) is 31.6 Å². The molecule has 0 aromatic heterocycles. The first-order chi connectivity index (χ1) is 12.0. The van der Waals surface area contributed by atoms with Crippen molar-refractivity contribution in [2.24, 2.45) is 5.92 Å². The van der Waals surface area contributed by atoms with E-state index in [0.717, 1.165) is 44.6 Å². The molecule has 1 unspecified atom stereocenters. The standard InChI is InChI=1S/C21H34N2O2/c1-5-17(4)18-6-8-19(9-7-18)22-21(24)14-23-12-10-20(11-13-23)25-15-16(2)3/h6-9,16-17,20H,5,10-15H2,1-4H3,(H,22,24). The molecule has 1 saturated heterocycles. The summed E-state index contributed by atoms with van der Waals surface area (Å²) in [4.78, 5) is 14.5. The minimum Gasteiger partial charge on any atom is -0.378 e. The molecular weight excluding hydrogens is 312 g/mol. The second kappa shape index (κ2) is 9.93. The molecule has 1 aromatic carbocycles. The summed E-state index contributed by atoms with van der Waals surface area (Å²) in [5, 5.41) is 3.01. The summed E-state index contributed by atoms with van der Waals surface area (Å²) in [5.41, 5.74) is 2.20. The van der Waals surface area contributed by atoms with Crippen molar-refractivity contribution in [3.05, 3.63) is 29.8 Å². The Morgan fingerprint density at radius 3 is 2.40 bits per heavy atom. The van der Waals surface area contributed by atoms with E-state index in [-0.39, 0.29) is 5.91 Å². The molecule has 1 aromatic rings. The summed E-state index contributed by atoms with van der Waals surface area (Å²) in [6.45, 7) is 11.9. The first kappa shape index (κ1) is 19.9. The lowest BCUT2D eigenvalue weighted by Gasteiger charge is -2.31. The van der Waals surface area contributed by atoms with Crippen LogP contribution < -0.4 is 5.32 Å². The van der Waals surface area contributed by atoms with Crippen molar-refractivity contribution >= 4 is 11.6 Å². The van der Waals surface area contributed by atoms with Crippen molar-refractivity contribution in [3.8, 4) is 0 Å². The number of carbonyl (C=O) groups excluding carboxylic acids is 1. The van der Waals surface area contributed by atoms with Gasteiger partial charge in [-0.15, -0.1) is 0 Å². The van der Waals surface area contributed by atoms with Gasteiger partial charge in [-0.1, -0.05) is 39.8 Å². The van der Waals surface area contributed by atoms with E-state index in [1.165, 1.54) is 5.56 Å². The third-order valence-electron chi connectivity index (χ3n) is 4.94. The van der Waals surface area contributed by atoms with Crippen molar-refractivity contribution in [2.45, 2.75) is 59.0 Å². The maximum absolute atomic E-state index is 12.3. The Morgan fingerprint density at radius 2 is 1.84 bits per heavy atom. The van der Waals surface area contributed by atoms with Crippen LogP contribution in [0.15, 0.2) is 24.3 Å². The van der Waals surface area contributed by atoms with Gasteiger partial charge in [0, 0.05) is 25.4 Å². The number of rotatable bonds is 8. The number of amides is 1. The average Bonchev–Trinajstić information content (AvgIpc) is 2.61. The molecule has 1 aliphatic rings. The normalized spacial score (nSPS) is 17.6. The molecule has 1 N–H and O–H groups in total. The fraction of sp³-hybridized carbons (Fsp3) is 0.667. The van der Waals surface area contributed by atoms with Crippen LogP contribution in [0.5, 0.6) is 0 Å². The zero-order valence-electron chi connectivity index (χ0n) is 16.3. The summed E-state index contributed by atoms with van der Waals surface area (Å²) in [6.07, 6.45) is 3.52. The zero-order valence-corrected chi connectivity index (χ0v) is 16.3. The van der Waals surface area contributed by atoms with Gasteiger partial charge < -0.3 is 10.1 Å². The number of carbonyl (C=O) groups is 1. The summed E-state index contributed by atoms with van der Waals surface area (Å²) in [5.74, 6) is 1.21. The van der Waals surface area contributed by atoms with Crippen LogP contribution >= 0.6 is 0 Å². The molecule has 1 aliphatic heterocycles. The van der Waals surface area contributed by atoms with E-state index in [4.69, 9.17) is 4.74 Å². The first-order valence-corrected chi connectivity index (χ1v) is 9.71. The van der Waals surface area contributed by atoms with Gasteiger partial charge >= 0.3 is 0 Å². The molecule has 0 radical (unpaired) electrons. The molecule has 4 heteroatoms. The van der Waals surface area contributed by atoms with E-state index in [1.807, 2.05) is 12.1 Å². The van der Waals surface area contributed by atoms with Crippen molar-refractivity contribution in [3.63, 3.8) is 0 Å². The smallest absolute Gasteiger partial charge is 0.238 e. The number of anilines is 1. The SMILES string of the molecule is CCC(C)c1ccc(NC(=O)CN2CCC(OCC(C)C)CC2)cc1. The molecule has 0 bridgehead atoms. The van der Waals surface area contributed by atoms with Gasteiger partial charge in [0.05, 0.1) is 12.6 Å². The lowest BCUT2D eigenvalue weighted by molar-refractivity contribution is -0.118. The van der Waals surface area contributed by atoms with E-state index in [0.29, 0.717) is 24.5 Å². The average molecular weight is 347 g/mol. The molecule has 1 heterocycles. The molecule has 25 heavy (non-hydrogen) atoms. The van der Waals surface area contributed by atoms with Crippen LogP contribution in [0.3, 0.4) is 0 Å². The monoisotopic (exact) mass is 346 g/mol. The predicted octanol–water partition coefficient (Wildman–Crippen LogP) is 4.28. The van der Waals surface area contributed by atoms with E-state index in [9.17, 15) is 4.79 Å². The Bertz CT molecular complexity index is 519. The fourth-order valence-electron chi connectivity index (χ4n) is 3.10. The van der Waals surface area contributed by atoms with Crippen LogP contribution in [0, 0.1) is 5.92 Å². The maximum Gasteiger partial charge on any atom is 0.238 e. The quantitative estimate of drug-likeness (QED) is 0.764. The summed E-state index contributed by atoms with van der Waals surface area (Å²) in [7, 11) is 0. The predicted molar refractivity (Wildman–Crippen MR) is 104 cm³/mol. The maximum atomic E-state index is 12.3. The van der Waals surface area contributed by atoms with Crippen LogP contribution in [0.2, 0.25) is 0 Å². The van der Waals surface area contributed by atoms with E-state index < -0.39 is 0 Å². The Hall–Kier alpha value is -1.39. The lowest BCUT2D eigenvalue weighted by Crippen LogP contribution is -2.41. The van der Waals surface area contributed by atoms with Gasteiger partial charge in [0.15, 0.2) is 0 Å². The minimum absolute atomic E-state index is 0.0674. The van der Waals surface area contributed by atoms with E-state index in [2.05, 4.69) is 50.0 Å². The lowest BCUT2D eigenvalue weighted by atomic mass is 9.99. The van der Waals surface area contributed by atoms with E-state index >= 15 is 0 Å². The summed E-state index contributed by atoms with van der Waals surface area (Å²) in [6, 6.07) is 8.24. The van der Waals surface area contributed by atoms with E-state index in [1.54, 1.807) is 0 Å². The molecule has 0 spiro atoms. The number of likely N-dealkylation sites (tertiary alicyclic amines) is 1. The Kier molecular flexibility index (Phi) is 7.91. The Balaban J connectivity index is 1.72. The summed E-state index contributed by atoms with van der Waals surface area (Å²) < 4.78 is 5.91. The van der Waals surface area contributed by atoms with Crippen LogP contribution in [0.1, 0.15) is 58.4 Å². The highest BCUT2D eigenvalue weighted by Gasteiger charge is 2.21. The van der Waals surface area contributed by atoms with Gasteiger partial charge in [-0.05, 0) is 48.8 Å². The second-order valence-corrected chi connectivity index (χ2v) is 7.68. The van der Waals surface area contributed by atoms with Gasteiger partial charge in [-0.3, -0.25) is 9.69 Å². The number of hydrogen-bond donors (Lipinski definition) is 1. The van der Waals surface area contributed by atoms with Crippen molar-refractivity contribution in [1.29, 1.82) is 0 Å². The molecule has 1 amide bonds. The van der Waals surface area contributed by atoms with Gasteiger partial charge in [0.25, 0.3) is 0 Å². The molecule has 0 saturated carbocycles. The Labute approximate surface area is 152 Å². The molecule has 0 aliphatic carbocycles. The van der Waals surface area contributed by atoms with Crippen LogP contribution in [-0.2, 0) is 9.53 Å². The highest BCUT2D eigenvalue weighted by atomic mass is 16.5. The number of piperidine rings is 1. The Morgan fingerprint density at radius 1 is 1.20 bits per heavy atom. The topological polar surface area (TPSA) is 41.6 Å². The highest BCUT2D eigenvalue weighted by molar-refractivity contribution is 5.92. The van der Waals surface area contributed by atoms with Crippen LogP contribution in [0.25, 0.3) is 0 Å². The third kappa shape index (κ3) is 6.79. The van der Waals surface area contributed by atoms with Gasteiger partial charge in [0.2, 0.25) is 5.91 Å². The molecule has 1 fully saturated rings. The number of benzene rings is 1. The summed E-state index contributed by atoms with van der Waals surface area (Å²) >= 11 is 0. The van der Waals surface area contributed by atoms with Crippen LogP contribution in [0.4, 0.5) is 5.69 Å². The largest absolute Gasteiger partial charge is 0.378 e. The minimum atomic E-state index is 0.0674. The molecule has 2 rings (SSSR count). The number of nitrogens with zero attached hydrogens (tertiary/aromatic N) is 1. The molecule has 1 atom stereocenters. The number of hydrogen-bond acceptors (Lipinski definition) is 3. The third-order valence-corrected chi connectivity index (χ3v) is 4.94.